The van der Waals surface area contributed by atoms with Crippen LogP contribution in [0.15, 0.2) is 103 Å². The Bertz CT molecular complexity index is 1800. The van der Waals surface area contributed by atoms with Crippen LogP contribution in [0.1, 0.15) is 21.5 Å². The van der Waals surface area contributed by atoms with Crippen LogP contribution >= 0.6 is 0 Å². The molecule has 4 aromatic rings. The number of hydrogen-bond donors (Lipinski definition) is 2. The molecule has 7 rings (SSSR count). The first kappa shape index (κ1) is 26.5. The number of ketones is 1. The summed E-state index contributed by atoms with van der Waals surface area (Å²) in [6, 6.07) is 27.6. The Morgan fingerprint density at radius 2 is 1.58 bits per heavy atom. The number of amides is 2. The summed E-state index contributed by atoms with van der Waals surface area (Å²) in [5.41, 5.74) is 2.51. The second-order valence-electron chi connectivity index (χ2n) is 10.9. The molecule has 1 fully saturated rings. The molecule has 0 radical (unpaired) electrons. The Labute approximate surface area is 248 Å². The summed E-state index contributed by atoms with van der Waals surface area (Å²) >= 11 is 0. The number of rotatable bonds is 6. The monoisotopic (exact) mass is 571 g/mol. The molecule has 2 N–H and O–H groups in total. The van der Waals surface area contributed by atoms with Gasteiger partial charge in [0, 0.05) is 22.6 Å². The van der Waals surface area contributed by atoms with Crippen molar-refractivity contribution >= 4 is 40.7 Å². The number of fused-ring (bicyclic) bond motifs is 6. The van der Waals surface area contributed by atoms with Crippen molar-refractivity contribution in [2.45, 2.75) is 17.5 Å². The van der Waals surface area contributed by atoms with Gasteiger partial charge in [-0.3, -0.25) is 14.4 Å². The molecule has 0 aliphatic carbocycles. The Hall–Kier alpha value is -5.37. The fraction of sp³-hybridized carbons (Fsp3) is 0.171. The van der Waals surface area contributed by atoms with E-state index < -0.39 is 23.4 Å². The normalized spacial score (nSPS) is 22.8. The average molecular weight is 572 g/mol. The fourth-order valence-corrected chi connectivity index (χ4v) is 7.03. The molecule has 4 aromatic carbocycles. The van der Waals surface area contributed by atoms with Gasteiger partial charge in [0.1, 0.15) is 11.5 Å². The van der Waals surface area contributed by atoms with Crippen molar-refractivity contribution < 1.29 is 23.9 Å². The number of ether oxygens (including phenoxy) is 2. The van der Waals surface area contributed by atoms with Crippen LogP contribution in [0.5, 0.6) is 11.5 Å². The van der Waals surface area contributed by atoms with Gasteiger partial charge < -0.3 is 25.0 Å². The molecule has 43 heavy (non-hydrogen) atoms. The zero-order valence-corrected chi connectivity index (χ0v) is 23.6. The number of carbonyl (C=O) groups excluding carboxylic acids is 3. The van der Waals surface area contributed by atoms with Crippen molar-refractivity contribution in [3.8, 4) is 11.5 Å². The van der Waals surface area contributed by atoms with Gasteiger partial charge in [0.05, 0.1) is 26.2 Å². The second kappa shape index (κ2) is 10.2. The number of anilines is 3. The number of nitrogens with one attached hydrogen (secondary N) is 2. The zero-order valence-electron chi connectivity index (χ0n) is 23.6. The van der Waals surface area contributed by atoms with Gasteiger partial charge in [0.2, 0.25) is 11.8 Å². The molecular formula is C35H29N3O5. The molecular weight excluding hydrogens is 542 g/mol. The van der Waals surface area contributed by atoms with Crippen molar-refractivity contribution in [2.75, 3.05) is 29.8 Å². The number of carbonyl (C=O) groups is 3. The summed E-state index contributed by atoms with van der Waals surface area (Å²) in [7, 11) is 3.03. The minimum Gasteiger partial charge on any atom is -0.493 e. The zero-order chi connectivity index (χ0) is 29.7. The third kappa shape index (κ3) is 3.86. The maximum Gasteiger partial charge on any atom is 0.247 e. The van der Waals surface area contributed by atoms with E-state index in [-0.39, 0.29) is 17.6 Å². The molecule has 4 atom stereocenters. The van der Waals surface area contributed by atoms with E-state index in [0.29, 0.717) is 34.0 Å². The van der Waals surface area contributed by atoms with Gasteiger partial charge in [0.15, 0.2) is 17.3 Å². The highest BCUT2D eigenvalue weighted by atomic mass is 16.5. The van der Waals surface area contributed by atoms with Crippen LogP contribution < -0.4 is 25.0 Å². The number of para-hydroxylation sites is 3. The molecule has 3 aliphatic heterocycles. The number of benzene rings is 4. The quantitative estimate of drug-likeness (QED) is 0.304. The van der Waals surface area contributed by atoms with Crippen molar-refractivity contribution in [3.63, 3.8) is 0 Å². The van der Waals surface area contributed by atoms with E-state index in [2.05, 4.69) is 10.6 Å². The molecule has 0 bridgehead atoms. The SMILES string of the molecule is COc1ccc(C(=O)[C@@H]2[C@H](C(=O)Nc3ccccc3)N3c4ccccc4C=C[C@@H]3[C@@]23C(=O)Nc2ccccc23)cc1OC. The molecule has 8 heteroatoms. The number of hydrogen-bond acceptors (Lipinski definition) is 6. The minimum atomic E-state index is -1.40. The van der Waals surface area contributed by atoms with Crippen molar-refractivity contribution in [2.24, 2.45) is 5.92 Å². The Kier molecular flexibility index (Phi) is 6.27. The largest absolute Gasteiger partial charge is 0.493 e. The number of methoxy groups -OCH3 is 2. The lowest BCUT2D eigenvalue weighted by atomic mass is 9.64. The summed E-state index contributed by atoms with van der Waals surface area (Å²) in [6.45, 7) is 0. The van der Waals surface area contributed by atoms with E-state index in [1.807, 2.05) is 83.8 Å². The van der Waals surface area contributed by atoms with Crippen molar-refractivity contribution in [1.82, 2.24) is 0 Å². The Morgan fingerprint density at radius 3 is 2.37 bits per heavy atom. The minimum absolute atomic E-state index is 0.314. The summed E-state index contributed by atoms with van der Waals surface area (Å²) in [6.07, 6.45) is 3.93. The van der Waals surface area contributed by atoms with Gasteiger partial charge in [-0.25, -0.2) is 0 Å². The molecule has 1 saturated heterocycles. The van der Waals surface area contributed by atoms with E-state index in [1.165, 1.54) is 14.2 Å². The first-order valence-corrected chi connectivity index (χ1v) is 14.1. The smallest absolute Gasteiger partial charge is 0.247 e. The first-order chi connectivity index (χ1) is 21.0. The molecule has 214 valence electrons. The van der Waals surface area contributed by atoms with E-state index in [9.17, 15) is 14.4 Å². The number of nitrogens with zero attached hydrogens (tertiary/aromatic N) is 1. The Balaban J connectivity index is 1.48. The van der Waals surface area contributed by atoms with Crippen LogP contribution in [-0.4, -0.2) is 43.9 Å². The van der Waals surface area contributed by atoms with Crippen LogP contribution in [0, 0.1) is 5.92 Å². The maximum absolute atomic E-state index is 14.9. The van der Waals surface area contributed by atoms with Crippen LogP contribution in [0.4, 0.5) is 17.1 Å². The van der Waals surface area contributed by atoms with Gasteiger partial charge in [-0.1, -0.05) is 66.7 Å². The standard InChI is InChI=1S/C35H29N3O5/c1-42-27-18-16-22(20-28(27)43-2)32(39)30-31(33(40)36-23-11-4-3-5-12-23)38-26-15-9-6-10-21(26)17-19-29(38)35(30)24-13-7-8-14-25(24)37-34(35)41/h3-20,29-31H,1-2H3,(H,36,40)(H,37,41)/t29-,30+,31-,35-/m1/s1. The molecule has 0 aromatic heterocycles. The molecule has 3 heterocycles. The number of Topliss-reactive ketones (excluding diaryl/α,β-unsaturated/α-hetero) is 1. The predicted octanol–water partition coefficient (Wildman–Crippen LogP) is 5.32. The van der Waals surface area contributed by atoms with Crippen LogP contribution in [0.2, 0.25) is 0 Å². The third-order valence-corrected chi connectivity index (χ3v) is 8.80. The van der Waals surface area contributed by atoms with Crippen molar-refractivity contribution in [1.29, 1.82) is 0 Å². The van der Waals surface area contributed by atoms with Crippen LogP contribution in [0.25, 0.3) is 6.08 Å². The summed E-state index contributed by atoms with van der Waals surface area (Å²) < 4.78 is 10.9. The van der Waals surface area contributed by atoms with Gasteiger partial charge in [-0.05, 0) is 53.6 Å². The highest BCUT2D eigenvalue weighted by Gasteiger charge is 2.70. The van der Waals surface area contributed by atoms with E-state index in [1.54, 1.807) is 30.3 Å². The van der Waals surface area contributed by atoms with E-state index >= 15 is 0 Å². The Morgan fingerprint density at radius 1 is 0.860 bits per heavy atom. The van der Waals surface area contributed by atoms with Crippen molar-refractivity contribution in [3.05, 3.63) is 120 Å². The second-order valence-corrected chi connectivity index (χ2v) is 10.9. The average Bonchev–Trinajstić information content (AvgIpc) is 3.53. The predicted molar refractivity (Wildman–Crippen MR) is 165 cm³/mol. The summed E-state index contributed by atoms with van der Waals surface area (Å²) in [5.74, 6) is -1.29. The molecule has 0 unspecified atom stereocenters. The fourth-order valence-electron chi connectivity index (χ4n) is 7.03. The molecule has 8 nitrogen and oxygen atoms in total. The lowest BCUT2D eigenvalue weighted by Crippen LogP contribution is -2.51. The molecule has 0 saturated carbocycles. The summed E-state index contributed by atoms with van der Waals surface area (Å²) in [4.78, 5) is 45.8. The maximum atomic E-state index is 14.9. The lowest BCUT2D eigenvalue weighted by molar-refractivity contribution is -0.122. The summed E-state index contributed by atoms with van der Waals surface area (Å²) in [5, 5.41) is 6.08. The first-order valence-electron chi connectivity index (χ1n) is 14.1. The van der Waals surface area contributed by atoms with E-state index in [4.69, 9.17) is 9.47 Å². The van der Waals surface area contributed by atoms with Gasteiger partial charge in [-0.2, -0.15) is 0 Å². The highest BCUT2D eigenvalue weighted by Crippen LogP contribution is 2.57. The van der Waals surface area contributed by atoms with Gasteiger partial charge in [-0.15, -0.1) is 0 Å². The highest BCUT2D eigenvalue weighted by molar-refractivity contribution is 6.17. The van der Waals surface area contributed by atoms with Crippen LogP contribution in [0.3, 0.4) is 0 Å². The van der Waals surface area contributed by atoms with Gasteiger partial charge >= 0.3 is 0 Å². The van der Waals surface area contributed by atoms with E-state index in [0.717, 1.165) is 11.3 Å². The topological polar surface area (TPSA) is 97.0 Å². The molecule has 1 spiro atoms. The van der Waals surface area contributed by atoms with Gasteiger partial charge in [0.25, 0.3) is 0 Å². The molecule has 3 aliphatic rings. The third-order valence-electron chi connectivity index (χ3n) is 8.80. The molecule has 2 amide bonds. The lowest BCUT2D eigenvalue weighted by Gasteiger charge is -2.37. The van der Waals surface area contributed by atoms with Crippen LogP contribution in [-0.2, 0) is 15.0 Å².